The van der Waals surface area contributed by atoms with Crippen LogP contribution >= 0.6 is 24.0 Å². The first-order valence-electron chi connectivity index (χ1n) is 6.85. The van der Waals surface area contributed by atoms with Gasteiger partial charge < -0.3 is 15.4 Å². The molecule has 0 saturated carbocycles. The number of ether oxygens (including phenoxy) is 1. The van der Waals surface area contributed by atoms with Gasteiger partial charge in [0.05, 0.1) is 12.3 Å². The van der Waals surface area contributed by atoms with Crippen molar-refractivity contribution >= 4 is 39.8 Å². The summed E-state index contributed by atoms with van der Waals surface area (Å²) in [4.78, 5) is 3.97. The topological polar surface area (TPSA) is 79.8 Å². The largest absolute Gasteiger partial charge is 0.486 e. The summed E-state index contributed by atoms with van der Waals surface area (Å²) in [6.07, 6.45) is 0.889. The van der Waals surface area contributed by atoms with Gasteiger partial charge in [0, 0.05) is 19.8 Å². The maximum absolute atomic E-state index is 13.5. The molecule has 6 nitrogen and oxygen atoms in total. The Hall–Kier alpha value is -1.10. The molecular weight excluding hydrogens is 436 g/mol. The molecule has 0 aliphatic rings. The summed E-state index contributed by atoms with van der Waals surface area (Å²) in [5.41, 5.74) is 0. The van der Waals surface area contributed by atoms with Crippen LogP contribution in [0.2, 0.25) is 0 Å². The summed E-state index contributed by atoms with van der Waals surface area (Å²) in [5, 5.41) is 5.88. The van der Waals surface area contributed by atoms with Gasteiger partial charge in [0.15, 0.2) is 17.5 Å². The minimum atomic E-state index is -3.02. The molecule has 132 valence electrons. The summed E-state index contributed by atoms with van der Waals surface area (Å²) in [6.45, 7) is 2.46. The summed E-state index contributed by atoms with van der Waals surface area (Å²) in [5.74, 6) is 0.268. The van der Waals surface area contributed by atoms with E-state index in [0.29, 0.717) is 12.5 Å². The number of halogens is 2. The summed E-state index contributed by atoms with van der Waals surface area (Å²) >= 11 is 0. The molecule has 1 rings (SSSR count). The Balaban J connectivity index is 0.00000484. The van der Waals surface area contributed by atoms with Gasteiger partial charge in [0.1, 0.15) is 15.9 Å². The summed E-state index contributed by atoms with van der Waals surface area (Å²) in [6, 6.07) is 6.19. The van der Waals surface area contributed by atoms with Crippen LogP contribution in [0.4, 0.5) is 4.39 Å². The van der Waals surface area contributed by atoms with E-state index < -0.39 is 15.7 Å². The lowest BCUT2D eigenvalue weighted by atomic mass is 10.3. The normalized spacial score (nSPS) is 13.0. The number of guanidine groups is 1. The quantitative estimate of drug-likeness (QED) is 0.367. The summed E-state index contributed by atoms with van der Waals surface area (Å²) in [7, 11) is -1.43. The molecule has 1 unspecified atom stereocenters. The number of nitrogens with one attached hydrogen (secondary N) is 2. The van der Waals surface area contributed by atoms with Crippen LogP contribution in [0.3, 0.4) is 0 Å². The molecule has 1 atom stereocenters. The maximum atomic E-state index is 13.5. The van der Waals surface area contributed by atoms with Crippen molar-refractivity contribution in [3.05, 3.63) is 30.1 Å². The average Bonchev–Trinajstić information content (AvgIpc) is 2.44. The Morgan fingerprint density at radius 2 is 2.00 bits per heavy atom. The third-order valence-electron chi connectivity index (χ3n) is 2.71. The van der Waals surface area contributed by atoms with Crippen LogP contribution in [0.1, 0.15) is 6.92 Å². The standard InChI is InChI=1S/C14H22FN3O3S.HI/c1-11(21-13-7-5-4-6-12(13)15)10-18-14(16-2)17-8-9-22(3,19)20;/h4-7,11H,8-10H2,1-3H3,(H2,16,17,18);1H. The molecule has 0 saturated heterocycles. The Kier molecular flexibility index (Phi) is 10.1. The van der Waals surface area contributed by atoms with Crippen LogP contribution in [0.15, 0.2) is 29.3 Å². The van der Waals surface area contributed by atoms with Crippen molar-refractivity contribution in [2.45, 2.75) is 13.0 Å². The molecular formula is C14H23FIN3O3S. The van der Waals surface area contributed by atoms with E-state index in [-0.39, 0.29) is 48.1 Å². The van der Waals surface area contributed by atoms with Crippen LogP contribution in [-0.4, -0.2) is 52.6 Å². The molecule has 0 bridgehead atoms. The molecule has 0 fully saturated rings. The van der Waals surface area contributed by atoms with E-state index in [4.69, 9.17) is 4.74 Å². The van der Waals surface area contributed by atoms with Gasteiger partial charge >= 0.3 is 0 Å². The van der Waals surface area contributed by atoms with E-state index in [1.807, 2.05) is 0 Å². The zero-order valence-electron chi connectivity index (χ0n) is 13.4. The van der Waals surface area contributed by atoms with Gasteiger partial charge in [-0.3, -0.25) is 4.99 Å². The van der Waals surface area contributed by atoms with Gasteiger partial charge in [0.2, 0.25) is 0 Å². The van der Waals surface area contributed by atoms with Crippen LogP contribution < -0.4 is 15.4 Å². The number of benzene rings is 1. The molecule has 0 aliphatic carbocycles. The number of para-hydroxylation sites is 1. The van der Waals surface area contributed by atoms with Crippen LogP contribution in [0, 0.1) is 5.82 Å². The Bertz CT molecular complexity index is 611. The fraction of sp³-hybridized carbons (Fsp3) is 0.500. The van der Waals surface area contributed by atoms with Crippen molar-refractivity contribution in [1.82, 2.24) is 10.6 Å². The fourth-order valence-electron chi connectivity index (χ4n) is 1.61. The minimum Gasteiger partial charge on any atom is -0.486 e. The predicted molar refractivity (Wildman–Crippen MR) is 101 cm³/mol. The average molecular weight is 459 g/mol. The molecule has 0 radical (unpaired) electrons. The Labute approximate surface area is 153 Å². The predicted octanol–water partition coefficient (Wildman–Crippen LogP) is 1.42. The molecule has 23 heavy (non-hydrogen) atoms. The maximum Gasteiger partial charge on any atom is 0.191 e. The molecule has 0 spiro atoms. The molecule has 0 aromatic heterocycles. The molecule has 1 aromatic carbocycles. The lowest BCUT2D eigenvalue weighted by Crippen LogP contribution is -2.43. The van der Waals surface area contributed by atoms with Gasteiger partial charge in [0.25, 0.3) is 0 Å². The number of sulfone groups is 1. The van der Waals surface area contributed by atoms with Gasteiger partial charge in [-0.25, -0.2) is 12.8 Å². The lowest BCUT2D eigenvalue weighted by Gasteiger charge is -2.18. The van der Waals surface area contributed by atoms with Crippen LogP contribution in [0.25, 0.3) is 0 Å². The molecule has 2 N–H and O–H groups in total. The van der Waals surface area contributed by atoms with Crippen LogP contribution in [0.5, 0.6) is 5.75 Å². The second kappa shape index (κ2) is 10.6. The van der Waals surface area contributed by atoms with Crippen molar-refractivity contribution in [3.8, 4) is 5.75 Å². The third kappa shape index (κ3) is 9.59. The van der Waals surface area contributed by atoms with Crippen molar-refractivity contribution in [2.24, 2.45) is 4.99 Å². The van der Waals surface area contributed by atoms with Gasteiger partial charge in [-0.15, -0.1) is 24.0 Å². The zero-order chi connectivity index (χ0) is 16.6. The second-order valence-corrected chi connectivity index (χ2v) is 7.13. The van der Waals surface area contributed by atoms with E-state index in [1.54, 1.807) is 32.2 Å². The van der Waals surface area contributed by atoms with E-state index in [1.165, 1.54) is 12.3 Å². The highest BCUT2D eigenvalue weighted by molar-refractivity contribution is 14.0. The highest BCUT2D eigenvalue weighted by atomic mass is 127. The van der Waals surface area contributed by atoms with Crippen molar-refractivity contribution in [2.75, 3.05) is 32.1 Å². The first-order chi connectivity index (χ1) is 10.3. The third-order valence-corrected chi connectivity index (χ3v) is 3.66. The first-order valence-corrected chi connectivity index (χ1v) is 8.91. The number of rotatable bonds is 7. The molecule has 0 heterocycles. The summed E-state index contributed by atoms with van der Waals surface area (Å²) < 4.78 is 41.0. The molecule has 1 aromatic rings. The zero-order valence-corrected chi connectivity index (χ0v) is 16.5. The van der Waals surface area contributed by atoms with Gasteiger partial charge in [-0.05, 0) is 19.1 Å². The van der Waals surface area contributed by atoms with Crippen molar-refractivity contribution in [1.29, 1.82) is 0 Å². The highest BCUT2D eigenvalue weighted by Crippen LogP contribution is 2.16. The van der Waals surface area contributed by atoms with E-state index in [2.05, 4.69) is 15.6 Å². The van der Waals surface area contributed by atoms with Gasteiger partial charge in [-0.2, -0.15) is 0 Å². The Morgan fingerprint density at radius 3 is 2.57 bits per heavy atom. The minimum absolute atomic E-state index is 0. The number of hydrogen-bond acceptors (Lipinski definition) is 4. The SMILES string of the molecule is CN=C(NCCS(C)(=O)=O)NCC(C)Oc1ccccc1F.I. The van der Waals surface area contributed by atoms with E-state index >= 15 is 0 Å². The van der Waals surface area contributed by atoms with E-state index in [9.17, 15) is 12.8 Å². The van der Waals surface area contributed by atoms with Gasteiger partial charge in [-0.1, -0.05) is 12.1 Å². The monoisotopic (exact) mass is 459 g/mol. The van der Waals surface area contributed by atoms with Crippen LogP contribution in [-0.2, 0) is 9.84 Å². The molecule has 9 heteroatoms. The van der Waals surface area contributed by atoms with Crippen molar-refractivity contribution < 1.29 is 17.5 Å². The number of nitrogens with zero attached hydrogens (tertiary/aromatic N) is 1. The highest BCUT2D eigenvalue weighted by Gasteiger charge is 2.09. The molecule has 0 aliphatic heterocycles. The lowest BCUT2D eigenvalue weighted by molar-refractivity contribution is 0.214. The number of aliphatic imine (C=N–C) groups is 1. The molecule has 0 amide bonds. The van der Waals surface area contributed by atoms with E-state index in [0.717, 1.165) is 0 Å². The smallest absolute Gasteiger partial charge is 0.191 e. The fourth-order valence-corrected chi connectivity index (χ4v) is 2.09. The first kappa shape index (κ1) is 21.9. The number of hydrogen-bond donors (Lipinski definition) is 2. The van der Waals surface area contributed by atoms with Crippen molar-refractivity contribution in [3.63, 3.8) is 0 Å². The Morgan fingerprint density at radius 1 is 1.35 bits per heavy atom. The second-order valence-electron chi connectivity index (χ2n) is 4.87.